The van der Waals surface area contributed by atoms with Crippen molar-refractivity contribution in [3.8, 4) is 5.75 Å². The van der Waals surface area contributed by atoms with Gasteiger partial charge in [-0.15, -0.1) is 0 Å². The number of nitrogens with zero attached hydrogens (tertiary/aromatic N) is 2. The lowest BCUT2D eigenvalue weighted by Crippen LogP contribution is -2.50. The van der Waals surface area contributed by atoms with Crippen LogP contribution in [0.3, 0.4) is 0 Å². The van der Waals surface area contributed by atoms with E-state index < -0.39 is 23.3 Å². The summed E-state index contributed by atoms with van der Waals surface area (Å²) in [5, 5.41) is 0.999. The van der Waals surface area contributed by atoms with Crippen molar-refractivity contribution in [1.82, 2.24) is 9.88 Å². The zero-order valence-corrected chi connectivity index (χ0v) is 18.7. The number of H-pyrrole nitrogens is 1. The standard InChI is InChI=1S/C27H22FN3O3/c1-27-24-23(19-11-3-5-12-21(19)29-24)20(18-10-4-6-13-22(18)34-2)15-30(27)26(33)31(25(27)32)17-9-7-8-16(28)14-17/h3-14,20,29H,15H2,1-2H3/t20?,27-/m0/s1. The van der Waals surface area contributed by atoms with Crippen molar-refractivity contribution in [1.29, 1.82) is 0 Å². The van der Waals surface area contributed by atoms with Crippen LogP contribution < -0.4 is 9.64 Å². The van der Waals surface area contributed by atoms with Gasteiger partial charge in [-0.1, -0.05) is 42.5 Å². The second-order valence-electron chi connectivity index (χ2n) is 8.84. The van der Waals surface area contributed by atoms with Gasteiger partial charge < -0.3 is 14.6 Å². The van der Waals surface area contributed by atoms with Crippen LogP contribution in [0.5, 0.6) is 5.75 Å². The van der Waals surface area contributed by atoms with Crippen molar-refractivity contribution in [3.05, 3.63) is 95.4 Å². The van der Waals surface area contributed by atoms with E-state index in [-0.39, 0.29) is 18.2 Å². The highest BCUT2D eigenvalue weighted by molar-refractivity contribution is 6.23. The Morgan fingerprint density at radius 2 is 1.79 bits per heavy atom. The average molecular weight is 455 g/mol. The Morgan fingerprint density at radius 1 is 1.03 bits per heavy atom. The molecule has 3 heterocycles. The maximum Gasteiger partial charge on any atom is 0.332 e. The van der Waals surface area contributed by atoms with Crippen LogP contribution in [-0.2, 0) is 10.3 Å². The predicted octanol–water partition coefficient (Wildman–Crippen LogP) is 5.15. The molecular weight excluding hydrogens is 433 g/mol. The zero-order chi connectivity index (χ0) is 23.6. The number of benzene rings is 3. The highest BCUT2D eigenvalue weighted by atomic mass is 19.1. The summed E-state index contributed by atoms with van der Waals surface area (Å²) in [5.41, 5.74) is 2.43. The minimum absolute atomic E-state index is 0.220. The number of para-hydroxylation sites is 2. The van der Waals surface area contributed by atoms with E-state index in [1.54, 1.807) is 25.0 Å². The van der Waals surface area contributed by atoms with E-state index in [1.165, 1.54) is 18.2 Å². The van der Waals surface area contributed by atoms with E-state index in [9.17, 15) is 14.0 Å². The molecule has 0 saturated carbocycles. The fraction of sp³-hybridized carbons (Fsp3) is 0.185. The van der Waals surface area contributed by atoms with E-state index in [4.69, 9.17) is 4.74 Å². The second kappa shape index (κ2) is 7.18. The number of aromatic amines is 1. The number of carbonyl (C=O) groups is 2. The minimum Gasteiger partial charge on any atom is -0.496 e. The monoisotopic (exact) mass is 455 g/mol. The van der Waals surface area contributed by atoms with E-state index in [2.05, 4.69) is 4.98 Å². The molecule has 0 radical (unpaired) electrons. The molecule has 6 nitrogen and oxygen atoms in total. The number of urea groups is 1. The van der Waals surface area contributed by atoms with Crippen LogP contribution in [0.4, 0.5) is 14.9 Å². The average Bonchev–Trinajstić information content (AvgIpc) is 3.33. The van der Waals surface area contributed by atoms with Crippen LogP contribution in [0.1, 0.15) is 29.7 Å². The molecule has 2 aliphatic heterocycles. The Hall–Kier alpha value is -4.13. The van der Waals surface area contributed by atoms with E-state index in [1.807, 2.05) is 48.5 Å². The summed E-state index contributed by atoms with van der Waals surface area (Å²) in [5.74, 6) is -0.424. The molecule has 2 atom stereocenters. The first-order valence-corrected chi connectivity index (χ1v) is 11.1. The van der Waals surface area contributed by atoms with Gasteiger partial charge in [0, 0.05) is 28.9 Å². The van der Waals surface area contributed by atoms with Crippen molar-refractivity contribution >= 4 is 28.5 Å². The Bertz CT molecular complexity index is 1480. The van der Waals surface area contributed by atoms with Crippen molar-refractivity contribution in [2.75, 3.05) is 18.6 Å². The first-order chi connectivity index (χ1) is 16.4. The summed E-state index contributed by atoms with van der Waals surface area (Å²) < 4.78 is 19.7. The molecule has 6 rings (SSSR count). The summed E-state index contributed by atoms with van der Waals surface area (Å²) >= 11 is 0. The summed E-state index contributed by atoms with van der Waals surface area (Å²) in [7, 11) is 1.62. The molecule has 0 bridgehead atoms. The quantitative estimate of drug-likeness (QED) is 0.435. The summed E-state index contributed by atoms with van der Waals surface area (Å²) in [4.78, 5) is 33.7. The van der Waals surface area contributed by atoms with Crippen LogP contribution in [0.2, 0.25) is 0 Å². The van der Waals surface area contributed by atoms with Gasteiger partial charge in [-0.25, -0.2) is 14.1 Å². The zero-order valence-electron chi connectivity index (χ0n) is 18.7. The second-order valence-corrected chi connectivity index (χ2v) is 8.84. The lowest BCUT2D eigenvalue weighted by Gasteiger charge is -2.40. The van der Waals surface area contributed by atoms with Crippen LogP contribution >= 0.6 is 0 Å². The normalized spacial score (nSPS) is 21.7. The molecule has 0 aliphatic carbocycles. The van der Waals surface area contributed by atoms with Crippen LogP contribution in [0.15, 0.2) is 72.8 Å². The van der Waals surface area contributed by atoms with Crippen molar-refractivity contribution in [3.63, 3.8) is 0 Å². The topological polar surface area (TPSA) is 65.6 Å². The number of hydrogen-bond donors (Lipinski definition) is 1. The number of amides is 3. The molecule has 170 valence electrons. The number of nitrogens with one attached hydrogen (secondary N) is 1. The molecule has 1 saturated heterocycles. The Morgan fingerprint density at radius 3 is 2.59 bits per heavy atom. The van der Waals surface area contributed by atoms with Gasteiger partial charge in [-0.2, -0.15) is 0 Å². The van der Waals surface area contributed by atoms with Gasteiger partial charge in [0.15, 0.2) is 5.54 Å². The molecule has 4 aromatic rings. The van der Waals surface area contributed by atoms with Gasteiger partial charge in [-0.05, 0) is 42.8 Å². The fourth-order valence-corrected chi connectivity index (χ4v) is 5.47. The van der Waals surface area contributed by atoms with Gasteiger partial charge in [0.05, 0.1) is 18.5 Å². The molecule has 0 spiro atoms. The highest BCUT2D eigenvalue weighted by Gasteiger charge is 2.60. The number of rotatable bonds is 3. The molecule has 3 amide bonds. The molecule has 2 aliphatic rings. The molecule has 7 heteroatoms. The number of imide groups is 1. The Labute approximate surface area is 195 Å². The fourth-order valence-electron chi connectivity index (χ4n) is 5.47. The summed E-state index contributed by atoms with van der Waals surface area (Å²) in [6, 6.07) is 20.7. The third-order valence-corrected chi connectivity index (χ3v) is 7.11. The van der Waals surface area contributed by atoms with Gasteiger partial charge in [0.2, 0.25) is 0 Å². The Balaban J connectivity index is 1.60. The number of fused-ring (bicyclic) bond motifs is 5. The molecule has 3 aromatic carbocycles. The van der Waals surface area contributed by atoms with Crippen LogP contribution in [-0.4, -0.2) is 35.5 Å². The first kappa shape index (κ1) is 20.5. The smallest absolute Gasteiger partial charge is 0.332 e. The summed E-state index contributed by atoms with van der Waals surface area (Å²) in [6.45, 7) is 2.04. The van der Waals surface area contributed by atoms with E-state index >= 15 is 0 Å². The van der Waals surface area contributed by atoms with Gasteiger partial charge in [0.1, 0.15) is 11.6 Å². The molecular formula is C27H22FN3O3. The lowest BCUT2D eigenvalue weighted by atomic mass is 9.78. The minimum atomic E-state index is -1.25. The SMILES string of the molecule is COc1ccccc1C1CN2C(=O)N(c3cccc(F)c3)C(=O)[C@]2(C)c2[nH]c3ccccc3c21. The largest absolute Gasteiger partial charge is 0.496 e. The number of anilines is 1. The number of ether oxygens (including phenoxy) is 1. The third-order valence-electron chi connectivity index (χ3n) is 7.11. The molecule has 1 aromatic heterocycles. The predicted molar refractivity (Wildman–Crippen MR) is 126 cm³/mol. The van der Waals surface area contributed by atoms with Gasteiger partial charge >= 0.3 is 6.03 Å². The highest BCUT2D eigenvalue weighted by Crippen LogP contribution is 2.51. The maximum atomic E-state index is 14.0. The van der Waals surface area contributed by atoms with E-state index in [0.717, 1.165) is 26.9 Å². The van der Waals surface area contributed by atoms with Crippen LogP contribution in [0, 0.1) is 5.82 Å². The van der Waals surface area contributed by atoms with Crippen molar-refractivity contribution < 1.29 is 18.7 Å². The number of methoxy groups -OCH3 is 1. The molecule has 1 N–H and O–H groups in total. The molecule has 34 heavy (non-hydrogen) atoms. The number of halogens is 1. The lowest BCUT2D eigenvalue weighted by molar-refractivity contribution is -0.125. The van der Waals surface area contributed by atoms with Gasteiger partial charge in [0.25, 0.3) is 5.91 Å². The Kier molecular flexibility index (Phi) is 4.33. The van der Waals surface area contributed by atoms with Crippen LogP contribution in [0.25, 0.3) is 10.9 Å². The number of carbonyl (C=O) groups excluding carboxylic acids is 2. The first-order valence-electron chi connectivity index (χ1n) is 11.1. The maximum absolute atomic E-state index is 14.0. The molecule has 1 fully saturated rings. The van der Waals surface area contributed by atoms with Crippen molar-refractivity contribution in [2.24, 2.45) is 0 Å². The van der Waals surface area contributed by atoms with Crippen molar-refractivity contribution in [2.45, 2.75) is 18.4 Å². The molecule has 1 unspecified atom stereocenters. The number of aromatic nitrogens is 1. The third kappa shape index (κ3) is 2.61. The van der Waals surface area contributed by atoms with E-state index in [0.29, 0.717) is 11.4 Å². The number of hydrogen-bond acceptors (Lipinski definition) is 3. The van der Waals surface area contributed by atoms with Gasteiger partial charge in [-0.3, -0.25) is 4.79 Å². The summed E-state index contributed by atoms with van der Waals surface area (Å²) in [6.07, 6.45) is 0.